The predicted octanol–water partition coefficient (Wildman–Crippen LogP) is 2.96. The number of carbonyl (C=O) groups excluding carboxylic acids is 2. The molecule has 23 heavy (non-hydrogen) atoms. The topological polar surface area (TPSA) is 74.1 Å². The molecule has 2 rings (SSSR count). The van der Waals surface area contributed by atoms with Gasteiger partial charge in [0.1, 0.15) is 11.1 Å². The van der Waals surface area contributed by atoms with Gasteiger partial charge in [0, 0.05) is 24.3 Å². The maximum absolute atomic E-state index is 12.3. The highest BCUT2D eigenvalue weighted by atomic mass is 32.2. The van der Waals surface area contributed by atoms with E-state index < -0.39 is 0 Å². The molecule has 1 fully saturated rings. The van der Waals surface area contributed by atoms with Crippen LogP contribution in [0.4, 0.5) is 0 Å². The van der Waals surface area contributed by atoms with Crippen molar-refractivity contribution in [1.82, 2.24) is 9.88 Å². The van der Waals surface area contributed by atoms with Gasteiger partial charge >= 0.3 is 0 Å². The highest BCUT2D eigenvalue weighted by Gasteiger charge is 2.18. The Morgan fingerprint density at radius 2 is 1.96 bits per heavy atom. The fourth-order valence-corrected chi connectivity index (χ4v) is 3.58. The van der Waals surface area contributed by atoms with Crippen LogP contribution >= 0.6 is 11.8 Å². The Balaban J connectivity index is 2.08. The maximum Gasteiger partial charge on any atom is 0.232 e. The first-order valence-corrected chi connectivity index (χ1v) is 8.84. The molecule has 6 heteroatoms. The third kappa shape index (κ3) is 4.55. The number of nitrogens with zero attached hydrogens (tertiary/aromatic N) is 3. The van der Waals surface area contributed by atoms with E-state index >= 15 is 0 Å². The lowest BCUT2D eigenvalue weighted by Gasteiger charge is -2.20. The van der Waals surface area contributed by atoms with Crippen LogP contribution in [0.15, 0.2) is 11.1 Å². The molecule has 0 radical (unpaired) electrons. The van der Waals surface area contributed by atoms with Gasteiger partial charge in [-0.2, -0.15) is 5.26 Å². The summed E-state index contributed by atoms with van der Waals surface area (Å²) in [4.78, 5) is 30.1. The molecule has 0 unspecified atom stereocenters. The van der Waals surface area contributed by atoms with Crippen molar-refractivity contribution in [3.63, 3.8) is 0 Å². The van der Waals surface area contributed by atoms with Crippen molar-refractivity contribution in [2.45, 2.75) is 44.6 Å². The van der Waals surface area contributed by atoms with Crippen molar-refractivity contribution >= 4 is 23.5 Å². The van der Waals surface area contributed by atoms with Crippen LogP contribution < -0.4 is 0 Å². The second kappa shape index (κ2) is 8.11. The number of rotatable bonds is 4. The summed E-state index contributed by atoms with van der Waals surface area (Å²) in [5.41, 5.74) is 1.42. The summed E-state index contributed by atoms with van der Waals surface area (Å²) in [7, 11) is 0. The van der Waals surface area contributed by atoms with E-state index in [1.165, 1.54) is 31.5 Å². The number of aromatic nitrogens is 1. The van der Waals surface area contributed by atoms with Crippen LogP contribution in [0.1, 0.15) is 54.2 Å². The van der Waals surface area contributed by atoms with Crippen molar-refractivity contribution in [3.8, 4) is 6.07 Å². The molecule has 1 aromatic rings. The Morgan fingerprint density at radius 1 is 1.30 bits per heavy atom. The monoisotopic (exact) mass is 331 g/mol. The summed E-state index contributed by atoms with van der Waals surface area (Å²) in [5, 5.41) is 9.78. The van der Waals surface area contributed by atoms with E-state index in [1.807, 2.05) is 4.90 Å². The number of pyridine rings is 1. The van der Waals surface area contributed by atoms with Gasteiger partial charge in [-0.3, -0.25) is 9.59 Å². The van der Waals surface area contributed by atoms with E-state index in [1.54, 1.807) is 13.0 Å². The molecule has 122 valence electrons. The van der Waals surface area contributed by atoms with E-state index in [2.05, 4.69) is 11.1 Å². The number of likely N-dealkylation sites (tertiary alicyclic amines) is 1. The van der Waals surface area contributed by atoms with Crippen molar-refractivity contribution in [1.29, 1.82) is 5.26 Å². The van der Waals surface area contributed by atoms with Crippen LogP contribution in [0, 0.1) is 18.3 Å². The maximum atomic E-state index is 12.3. The molecule has 1 aliphatic rings. The highest BCUT2D eigenvalue weighted by molar-refractivity contribution is 7.99. The molecule has 0 spiro atoms. The summed E-state index contributed by atoms with van der Waals surface area (Å²) in [6.45, 7) is 4.85. The lowest BCUT2D eigenvalue weighted by atomic mass is 10.1. The summed E-state index contributed by atoms with van der Waals surface area (Å²) >= 11 is 1.28. The Labute approximate surface area is 141 Å². The van der Waals surface area contributed by atoms with Crippen molar-refractivity contribution in [2.24, 2.45) is 0 Å². The lowest BCUT2D eigenvalue weighted by molar-refractivity contribution is -0.128. The highest BCUT2D eigenvalue weighted by Crippen LogP contribution is 2.24. The lowest BCUT2D eigenvalue weighted by Crippen LogP contribution is -2.33. The minimum atomic E-state index is -0.108. The Hall–Kier alpha value is -1.87. The van der Waals surface area contributed by atoms with Crippen molar-refractivity contribution in [3.05, 3.63) is 22.9 Å². The number of ketones is 1. The number of aryl methyl sites for hydroxylation is 1. The molecule has 0 saturated carbocycles. The molecule has 1 aliphatic heterocycles. The zero-order valence-corrected chi connectivity index (χ0v) is 14.4. The normalized spacial score (nSPS) is 14.9. The largest absolute Gasteiger partial charge is 0.342 e. The van der Waals surface area contributed by atoms with Gasteiger partial charge in [0.2, 0.25) is 5.91 Å². The Bertz CT molecular complexity index is 644. The van der Waals surface area contributed by atoms with Gasteiger partial charge in [-0.25, -0.2) is 4.98 Å². The second-order valence-corrected chi connectivity index (χ2v) is 6.69. The van der Waals surface area contributed by atoms with Gasteiger partial charge in [0.05, 0.1) is 11.3 Å². The first kappa shape index (κ1) is 17.5. The van der Waals surface area contributed by atoms with Gasteiger partial charge in [-0.1, -0.05) is 24.6 Å². The number of nitriles is 1. The second-order valence-electron chi connectivity index (χ2n) is 5.73. The van der Waals surface area contributed by atoms with Crippen LogP contribution in [0.2, 0.25) is 0 Å². The molecule has 5 nitrogen and oxygen atoms in total. The third-order valence-electron chi connectivity index (χ3n) is 3.97. The van der Waals surface area contributed by atoms with E-state index in [0.29, 0.717) is 21.8 Å². The van der Waals surface area contributed by atoms with Gasteiger partial charge in [0.25, 0.3) is 0 Å². The summed E-state index contributed by atoms with van der Waals surface area (Å²) in [5.74, 6) is 0.264. The SMILES string of the molecule is CC(=O)c1cc(C#N)c(SCC(=O)N2CCCCCC2)nc1C. The quantitative estimate of drug-likeness (QED) is 0.626. The van der Waals surface area contributed by atoms with Gasteiger partial charge in [0.15, 0.2) is 5.78 Å². The molecule has 0 atom stereocenters. The van der Waals surface area contributed by atoms with E-state index in [4.69, 9.17) is 0 Å². The molecule has 0 N–H and O–H groups in total. The van der Waals surface area contributed by atoms with E-state index in [0.717, 1.165) is 25.9 Å². The fraction of sp³-hybridized carbons (Fsp3) is 0.529. The van der Waals surface area contributed by atoms with E-state index in [-0.39, 0.29) is 17.4 Å². The van der Waals surface area contributed by atoms with Crippen LogP contribution in [-0.4, -0.2) is 40.4 Å². The Kier molecular flexibility index (Phi) is 6.17. The molecular formula is C17H21N3O2S. The van der Waals surface area contributed by atoms with Crippen LogP contribution in [-0.2, 0) is 4.79 Å². The minimum absolute atomic E-state index is 0.0934. The summed E-state index contributed by atoms with van der Waals surface area (Å²) in [6, 6.07) is 3.64. The number of thioether (sulfide) groups is 1. The minimum Gasteiger partial charge on any atom is -0.342 e. The molecule has 1 aromatic heterocycles. The van der Waals surface area contributed by atoms with Crippen molar-refractivity contribution < 1.29 is 9.59 Å². The number of amides is 1. The molecule has 0 aromatic carbocycles. The van der Waals surface area contributed by atoms with Gasteiger partial charge in [-0.05, 0) is 32.8 Å². The number of Topliss-reactive ketones (excluding diaryl/α,β-unsaturated/α-hetero) is 1. The van der Waals surface area contributed by atoms with Gasteiger partial charge in [-0.15, -0.1) is 0 Å². The smallest absolute Gasteiger partial charge is 0.232 e. The average molecular weight is 331 g/mol. The molecule has 1 amide bonds. The molecule has 0 bridgehead atoms. The molecule has 2 heterocycles. The number of hydrogen-bond acceptors (Lipinski definition) is 5. The van der Waals surface area contributed by atoms with Crippen LogP contribution in [0.25, 0.3) is 0 Å². The Morgan fingerprint density at radius 3 is 2.52 bits per heavy atom. The molecular weight excluding hydrogens is 310 g/mol. The average Bonchev–Trinajstić information content (AvgIpc) is 2.81. The van der Waals surface area contributed by atoms with E-state index in [9.17, 15) is 14.9 Å². The fourth-order valence-electron chi connectivity index (χ4n) is 2.67. The van der Waals surface area contributed by atoms with Gasteiger partial charge < -0.3 is 4.90 Å². The summed E-state index contributed by atoms with van der Waals surface area (Å²) in [6.07, 6.45) is 4.49. The number of hydrogen-bond donors (Lipinski definition) is 0. The zero-order valence-electron chi connectivity index (χ0n) is 13.6. The zero-order chi connectivity index (χ0) is 16.8. The third-order valence-corrected chi connectivity index (χ3v) is 4.94. The summed E-state index contributed by atoms with van der Waals surface area (Å²) < 4.78 is 0. The first-order chi connectivity index (χ1) is 11.0. The predicted molar refractivity (Wildman–Crippen MR) is 89.5 cm³/mol. The van der Waals surface area contributed by atoms with Crippen molar-refractivity contribution in [2.75, 3.05) is 18.8 Å². The molecule has 1 saturated heterocycles. The first-order valence-electron chi connectivity index (χ1n) is 7.86. The van der Waals surface area contributed by atoms with Crippen LogP contribution in [0.3, 0.4) is 0 Å². The number of carbonyl (C=O) groups is 2. The van der Waals surface area contributed by atoms with Crippen LogP contribution in [0.5, 0.6) is 0 Å². The molecule has 0 aliphatic carbocycles. The standard InChI is InChI=1S/C17H21N3O2S/c1-12-15(13(2)21)9-14(10-18)17(19-12)23-11-16(22)20-7-5-3-4-6-8-20/h9H,3-8,11H2,1-2H3.